The molecule has 0 radical (unpaired) electrons. The molecule has 0 aliphatic rings. The van der Waals surface area contributed by atoms with Crippen molar-refractivity contribution in [3.05, 3.63) is 40.7 Å². The molecule has 1 aromatic carbocycles. The highest BCUT2D eigenvalue weighted by Crippen LogP contribution is 2.31. The molecule has 0 aliphatic heterocycles. The summed E-state index contributed by atoms with van der Waals surface area (Å²) in [5.41, 5.74) is 2.01. The van der Waals surface area contributed by atoms with Crippen molar-refractivity contribution in [3.8, 4) is 11.3 Å². The summed E-state index contributed by atoms with van der Waals surface area (Å²) in [4.78, 5) is 3.96. The largest absolute Gasteiger partial charge is 0.416 e. The van der Waals surface area contributed by atoms with Crippen LogP contribution in [0.2, 0.25) is 0 Å². The van der Waals surface area contributed by atoms with Crippen LogP contribution in [0.25, 0.3) is 11.3 Å². The third-order valence-electron chi connectivity index (χ3n) is 1.92. The SMILES string of the molecule is FC(F)(F)c1cccc(-c2cscn2)c1. The Morgan fingerprint density at radius 2 is 2.00 bits per heavy atom. The Kier molecular flexibility index (Phi) is 2.48. The Balaban J connectivity index is 2.44. The van der Waals surface area contributed by atoms with Gasteiger partial charge in [0.15, 0.2) is 0 Å². The summed E-state index contributed by atoms with van der Waals surface area (Å²) in [6, 6.07) is 5.16. The van der Waals surface area contributed by atoms with E-state index < -0.39 is 11.7 Å². The van der Waals surface area contributed by atoms with E-state index in [1.165, 1.54) is 17.4 Å². The first-order valence-corrected chi connectivity index (χ1v) is 5.07. The number of halogens is 3. The molecule has 1 aromatic heterocycles. The van der Waals surface area contributed by atoms with E-state index in [0.29, 0.717) is 11.3 Å². The minimum Gasteiger partial charge on any atom is -0.245 e. The van der Waals surface area contributed by atoms with Crippen LogP contribution in [0.4, 0.5) is 13.2 Å². The Labute approximate surface area is 88.2 Å². The molecule has 0 aliphatic carbocycles. The first kappa shape index (κ1) is 10.2. The summed E-state index contributed by atoms with van der Waals surface area (Å²) in [5, 5.41) is 1.72. The van der Waals surface area contributed by atoms with Crippen LogP contribution in [0.15, 0.2) is 35.2 Å². The van der Waals surface area contributed by atoms with Crippen molar-refractivity contribution >= 4 is 11.3 Å². The number of aromatic nitrogens is 1. The van der Waals surface area contributed by atoms with Crippen molar-refractivity contribution in [2.45, 2.75) is 6.18 Å². The van der Waals surface area contributed by atoms with E-state index in [9.17, 15) is 13.2 Å². The lowest BCUT2D eigenvalue weighted by Crippen LogP contribution is -2.04. The van der Waals surface area contributed by atoms with E-state index >= 15 is 0 Å². The molecule has 1 nitrogen and oxygen atoms in total. The molecule has 0 saturated heterocycles. The van der Waals surface area contributed by atoms with Crippen molar-refractivity contribution in [2.24, 2.45) is 0 Å². The zero-order chi connectivity index (χ0) is 10.9. The molecule has 0 atom stereocenters. The first-order chi connectivity index (χ1) is 7.07. The van der Waals surface area contributed by atoms with Crippen LogP contribution < -0.4 is 0 Å². The van der Waals surface area contributed by atoms with Gasteiger partial charge >= 0.3 is 6.18 Å². The lowest BCUT2D eigenvalue weighted by molar-refractivity contribution is -0.137. The molecule has 2 aromatic rings. The highest BCUT2D eigenvalue weighted by Gasteiger charge is 2.30. The Morgan fingerprint density at radius 3 is 2.60 bits per heavy atom. The van der Waals surface area contributed by atoms with Crippen molar-refractivity contribution in [1.82, 2.24) is 4.98 Å². The molecule has 15 heavy (non-hydrogen) atoms. The summed E-state index contributed by atoms with van der Waals surface area (Å²) in [6.07, 6.45) is -4.30. The summed E-state index contributed by atoms with van der Waals surface area (Å²) in [7, 11) is 0. The van der Waals surface area contributed by atoms with E-state index in [-0.39, 0.29) is 0 Å². The maximum Gasteiger partial charge on any atom is 0.416 e. The first-order valence-electron chi connectivity index (χ1n) is 4.13. The second kappa shape index (κ2) is 3.66. The second-order valence-electron chi connectivity index (χ2n) is 2.95. The number of hydrogen-bond donors (Lipinski definition) is 0. The molecular formula is C10H6F3NS. The summed E-state index contributed by atoms with van der Waals surface area (Å²) in [6.45, 7) is 0. The van der Waals surface area contributed by atoms with E-state index in [1.54, 1.807) is 17.0 Å². The van der Waals surface area contributed by atoms with Gasteiger partial charge < -0.3 is 0 Å². The van der Waals surface area contributed by atoms with Crippen molar-refractivity contribution in [3.63, 3.8) is 0 Å². The lowest BCUT2D eigenvalue weighted by atomic mass is 10.1. The van der Waals surface area contributed by atoms with E-state index in [1.807, 2.05) is 0 Å². The minimum absolute atomic E-state index is 0.492. The normalized spacial score (nSPS) is 11.7. The van der Waals surface area contributed by atoms with E-state index in [2.05, 4.69) is 4.98 Å². The summed E-state index contributed by atoms with van der Waals surface area (Å²) in [5.74, 6) is 0. The number of rotatable bonds is 1. The van der Waals surface area contributed by atoms with Gasteiger partial charge in [-0.2, -0.15) is 13.2 Å². The molecule has 5 heteroatoms. The van der Waals surface area contributed by atoms with Gasteiger partial charge in [0.05, 0.1) is 16.8 Å². The van der Waals surface area contributed by atoms with Gasteiger partial charge in [-0.15, -0.1) is 11.3 Å². The Hall–Kier alpha value is -1.36. The molecule has 0 N–H and O–H groups in total. The fourth-order valence-electron chi connectivity index (χ4n) is 1.21. The van der Waals surface area contributed by atoms with Gasteiger partial charge in [0, 0.05) is 10.9 Å². The zero-order valence-electron chi connectivity index (χ0n) is 7.45. The third kappa shape index (κ3) is 2.18. The maximum absolute atomic E-state index is 12.4. The maximum atomic E-state index is 12.4. The molecule has 0 amide bonds. The summed E-state index contributed by atoms with van der Waals surface area (Å²) < 4.78 is 37.2. The number of hydrogen-bond acceptors (Lipinski definition) is 2. The highest BCUT2D eigenvalue weighted by molar-refractivity contribution is 7.07. The average molecular weight is 229 g/mol. The van der Waals surface area contributed by atoms with Crippen molar-refractivity contribution in [2.75, 3.05) is 0 Å². The van der Waals surface area contributed by atoms with E-state index in [0.717, 1.165) is 12.1 Å². The van der Waals surface area contributed by atoms with Crippen LogP contribution in [0, 0.1) is 0 Å². The van der Waals surface area contributed by atoms with Crippen molar-refractivity contribution in [1.29, 1.82) is 0 Å². The molecule has 0 bridgehead atoms. The lowest BCUT2D eigenvalue weighted by Gasteiger charge is -2.07. The fraction of sp³-hybridized carbons (Fsp3) is 0.100. The predicted octanol–water partition coefficient (Wildman–Crippen LogP) is 3.83. The number of thiazole rings is 1. The number of benzene rings is 1. The van der Waals surface area contributed by atoms with Gasteiger partial charge in [0.2, 0.25) is 0 Å². The van der Waals surface area contributed by atoms with Gasteiger partial charge in [-0.05, 0) is 12.1 Å². The Morgan fingerprint density at radius 1 is 1.20 bits per heavy atom. The van der Waals surface area contributed by atoms with Crippen LogP contribution in [0.3, 0.4) is 0 Å². The predicted molar refractivity (Wildman–Crippen MR) is 52.6 cm³/mol. The quantitative estimate of drug-likeness (QED) is 0.724. The van der Waals surface area contributed by atoms with Crippen LogP contribution in [0.5, 0.6) is 0 Å². The standard InChI is InChI=1S/C10H6F3NS/c11-10(12,13)8-3-1-2-7(4-8)9-5-15-6-14-9/h1-6H. The van der Waals surface area contributed by atoms with E-state index in [4.69, 9.17) is 0 Å². The van der Waals surface area contributed by atoms with Crippen LogP contribution in [-0.4, -0.2) is 4.98 Å². The average Bonchev–Trinajstić information content (AvgIpc) is 2.69. The van der Waals surface area contributed by atoms with Gasteiger partial charge in [0.1, 0.15) is 0 Å². The molecule has 0 unspecified atom stereocenters. The molecule has 2 rings (SSSR count). The van der Waals surface area contributed by atoms with Gasteiger partial charge in [-0.3, -0.25) is 0 Å². The van der Waals surface area contributed by atoms with Gasteiger partial charge in [-0.25, -0.2) is 4.98 Å². The number of nitrogens with zero attached hydrogens (tertiary/aromatic N) is 1. The molecule has 0 saturated carbocycles. The zero-order valence-corrected chi connectivity index (χ0v) is 8.27. The van der Waals surface area contributed by atoms with Crippen LogP contribution in [-0.2, 0) is 6.18 Å². The highest BCUT2D eigenvalue weighted by atomic mass is 32.1. The molecular weight excluding hydrogens is 223 g/mol. The molecule has 0 spiro atoms. The van der Waals surface area contributed by atoms with Gasteiger partial charge in [0.25, 0.3) is 0 Å². The van der Waals surface area contributed by atoms with Crippen molar-refractivity contribution < 1.29 is 13.2 Å². The van der Waals surface area contributed by atoms with Crippen LogP contribution >= 0.6 is 11.3 Å². The fourth-order valence-corrected chi connectivity index (χ4v) is 1.77. The molecule has 0 fully saturated rings. The molecule has 1 heterocycles. The second-order valence-corrected chi connectivity index (χ2v) is 3.67. The topological polar surface area (TPSA) is 12.9 Å². The monoisotopic (exact) mass is 229 g/mol. The van der Waals surface area contributed by atoms with Gasteiger partial charge in [-0.1, -0.05) is 12.1 Å². The van der Waals surface area contributed by atoms with Crippen LogP contribution in [0.1, 0.15) is 5.56 Å². The minimum atomic E-state index is -4.30. The number of alkyl halides is 3. The Bertz CT molecular complexity index is 448. The molecule has 78 valence electrons. The smallest absolute Gasteiger partial charge is 0.245 e. The summed E-state index contributed by atoms with van der Waals surface area (Å²) >= 11 is 1.36. The third-order valence-corrected chi connectivity index (χ3v) is 2.50.